The highest BCUT2D eigenvalue weighted by Gasteiger charge is 2.24. The third-order valence-electron chi connectivity index (χ3n) is 4.21. The highest BCUT2D eigenvalue weighted by atomic mass is 35.5. The zero-order valence-electron chi connectivity index (χ0n) is 16.5. The van der Waals surface area contributed by atoms with E-state index in [9.17, 15) is 14.9 Å². The summed E-state index contributed by atoms with van der Waals surface area (Å²) in [4.78, 5) is 30.9. The molecule has 1 amide bonds. The first-order valence-electron chi connectivity index (χ1n) is 9.19. The largest absolute Gasteiger partial charge is 0.482 e. The van der Waals surface area contributed by atoms with Gasteiger partial charge in [0.1, 0.15) is 12.1 Å². The summed E-state index contributed by atoms with van der Waals surface area (Å²) in [7, 11) is 0. The van der Waals surface area contributed by atoms with Gasteiger partial charge in [0, 0.05) is 16.8 Å². The Balaban J connectivity index is 1.43. The topological polar surface area (TPSA) is 150 Å². The van der Waals surface area contributed by atoms with Crippen LogP contribution in [0.15, 0.2) is 42.7 Å². The van der Waals surface area contributed by atoms with Crippen LogP contribution in [-0.4, -0.2) is 34.2 Å². The first-order valence-corrected chi connectivity index (χ1v) is 9.95. The molecular formula is C19H14Cl2N6O6. The van der Waals surface area contributed by atoms with Crippen LogP contribution in [0.4, 0.5) is 23.0 Å². The van der Waals surface area contributed by atoms with E-state index in [1.54, 1.807) is 24.3 Å². The van der Waals surface area contributed by atoms with Gasteiger partial charge in [-0.25, -0.2) is 9.97 Å². The van der Waals surface area contributed by atoms with Crippen LogP contribution in [0.2, 0.25) is 10.0 Å². The number of hydrogen-bond donors (Lipinski definition) is 3. The number of anilines is 3. The third kappa shape index (κ3) is 5.25. The minimum absolute atomic E-state index is 0.0914. The molecule has 0 fully saturated rings. The van der Waals surface area contributed by atoms with E-state index in [4.69, 9.17) is 37.4 Å². The van der Waals surface area contributed by atoms with Crippen molar-refractivity contribution in [1.29, 1.82) is 0 Å². The van der Waals surface area contributed by atoms with E-state index in [1.165, 1.54) is 12.1 Å². The molecule has 33 heavy (non-hydrogen) atoms. The van der Waals surface area contributed by atoms with Crippen LogP contribution in [0, 0.1) is 10.1 Å². The Kier molecular flexibility index (Phi) is 6.47. The predicted octanol–water partition coefficient (Wildman–Crippen LogP) is 3.69. The molecule has 2 aromatic carbocycles. The standard InChI is InChI=1S/C19H14Cl2N6O6/c20-10-1-3-13(12(21)5-10)31-7-16(28)25-26-19-17(27(29)30)18(22-8-23-19)24-11-2-4-14-15(6-11)33-9-32-14/h1-6,8H,7,9H2,(H,25,28)(H2,22,23,24,26). The molecule has 1 aliphatic heterocycles. The predicted molar refractivity (Wildman–Crippen MR) is 118 cm³/mol. The number of rotatable bonds is 8. The normalized spacial score (nSPS) is 11.6. The number of hydrazine groups is 1. The van der Waals surface area contributed by atoms with Gasteiger partial charge in [0.15, 0.2) is 18.1 Å². The smallest absolute Gasteiger partial charge is 0.355 e. The Bertz CT molecular complexity index is 1230. The molecular weight excluding hydrogens is 479 g/mol. The number of aromatic nitrogens is 2. The molecule has 0 radical (unpaired) electrons. The molecule has 3 N–H and O–H groups in total. The molecule has 0 aliphatic carbocycles. The van der Waals surface area contributed by atoms with Crippen LogP contribution >= 0.6 is 23.2 Å². The average molecular weight is 493 g/mol. The number of ether oxygens (including phenoxy) is 3. The summed E-state index contributed by atoms with van der Waals surface area (Å²) < 4.78 is 15.9. The van der Waals surface area contributed by atoms with Gasteiger partial charge in [-0.2, -0.15) is 0 Å². The zero-order valence-corrected chi connectivity index (χ0v) is 18.0. The summed E-state index contributed by atoms with van der Waals surface area (Å²) >= 11 is 11.8. The van der Waals surface area contributed by atoms with Crippen molar-refractivity contribution in [2.24, 2.45) is 0 Å². The molecule has 4 rings (SSSR count). The van der Waals surface area contributed by atoms with E-state index in [0.29, 0.717) is 22.2 Å². The van der Waals surface area contributed by atoms with Crippen molar-refractivity contribution in [3.63, 3.8) is 0 Å². The van der Waals surface area contributed by atoms with Crippen LogP contribution in [-0.2, 0) is 4.79 Å². The van der Waals surface area contributed by atoms with Gasteiger partial charge in [0.25, 0.3) is 5.91 Å². The quantitative estimate of drug-likeness (QED) is 0.313. The van der Waals surface area contributed by atoms with Crippen LogP contribution in [0.5, 0.6) is 17.2 Å². The molecule has 14 heteroatoms. The number of hydrogen-bond acceptors (Lipinski definition) is 10. The number of nitrogens with zero attached hydrogens (tertiary/aromatic N) is 3. The number of carbonyl (C=O) groups is 1. The van der Waals surface area contributed by atoms with E-state index in [2.05, 4.69) is 26.1 Å². The number of nitro groups is 1. The van der Waals surface area contributed by atoms with Crippen molar-refractivity contribution < 1.29 is 23.9 Å². The Labute approximate surface area is 195 Å². The monoisotopic (exact) mass is 492 g/mol. The van der Waals surface area contributed by atoms with Gasteiger partial charge in [-0.15, -0.1) is 0 Å². The molecule has 0 bridgehead atoms. The van der Waals surface area contributed by atoms with E-state index in [1.807, 2.05) is 0 Å². The van der Waals surface area contributed by atoms with Gasteiger partial charge in [0.2, 0.25) is 18.4 Å². The molecule has 0 saturated carbocycles. The van der Waals surface area contributed by atoms with Crippen LogP contribution < -0.4 is 30.4 Å². The SMILES string of the molecule is O=C(COc1ccc(Cl)cc1Cl)NNc1ncnc(Nc2ccc3c(c2)OCO3)c1[N+](=O)[O-]. The van der Waals surface area contributed by atoms with Gasteiger partial charge in [-0.1, -0.05) is 23.2 Å². The maximum atomic E-state index is 12.1. The van der Waals surface area contributed by atoms with Crippen LogP contribution in [0.1, 0.15) is 0 Å². The van der Waals surface area contributed by atoms with Crippen molar-refractivity contribution in [1.82, 2.24) is 15.4 Å². The summed E-state index contributed by atoms with van der Waals surface area (Å²) in [6, 6.07) is 9.44. The van der Waals surface area contributed by atoms with Gasteiger partial charge in [-0.3, -0.25) is 25.8 Å². The van der Waals surface area contributed by atoms with Gasteiger partial charge >= 0.3 is 5.69 Å². The molecule has 0 atom stereocenters. The molecule has 0 saturated heterocycles. The lowest BCUT2D eigenvalue weighted by molar-refractivity contribution is -0.383. The number of fused-ring (bicyclic) bond motifs is 1. The fraction of sp³-hybridized carbons (Fsp3) is 0.105. The second-order valence-electron chi connectivity index (χ2n) is 6.41. The Hall–Kier alpha value is -4.03. The minimum Gasteiger partial charge on any atom is -0.482 e. The lowest BCUT2D eigenvalue weighted by Gasteiger charge is -2.12. The van der Waals surface area contributed by atoms with Crippen molar-refractivity contribution in [2.75, 3.05) is 24.1 Å². The molecule has 170 valence electrons. The molecule has 0 spiro atoms. The van der Waals surface area contributed by atoms with Gasteiger partial charge in [-0.05, 0) is 30.3 Å². The number of nitrogens with one attached hydrogen (secondary N) is 3. The van der Waals surface area contributed by atoms with Crippen molar-refractivity contribution in [3.8, 4) is 17.2 Å². The second kappa shape index (κ2) is 9.63. The minimum atomic E-state index is -0.687. The second-order valence-corrected chi connectivity index (χ2v) is 7.25. The fourth-order valence-electron chi connectivity index (χ4n) is 2.75. The molecule has 12 nitrogen and oxygen atoms in total. The summed E-state index contributed by atoms with van der Waals surface area (Å²) in [6.07, 6.45) is 1.10. The summed E-state index contributed by atoms with van der Waals surface area (Å²) in [5, 5.41) is 15.2. The molecule has 2 heterocycles. The molecule has 1 aromatic heterocycles. The Morgan fingerprint density at radius 3 is 2.70 bits per heavy atom. The summed E-state index contributed by atoms with van der Waals surface area (Å²) in [6.45, 7) is -0.330. The van der Waals surface area contributed by atoms with Gasteiger partial charge in [0.05, 0.1) is 9.95 Å². The maximum Gasteiger partial charge on any atom is 0.355 e. The number of halogens is 2. The molecule has 1 aliphatic rings. The molecule has 0 unspecified atom stereocenters. The number of benzene rings is 2. The third-order valence-corrected chi connectivity index (χ3v) is 4.74. The Morgan fingerprint density at radius 2 is 1.91 bits per heavy atom. The first kappa shape index (κ1) is 22.2. The first-order chi connectivity index (χ1) is 15.9. The lowest BCUT2D eigenvalue weighted by Crippen LogP contribution is -2.34. The van der Waals surface area contributed by atoms with Crippen molar-refractivity contribution >= 4 is 52.1 Å². The highest BCUT2D eigenvalue weighted by molar-refractivity contribution is 6.35. The highest BCUT2D eigenvalue weighted by Crippen LogP contribution is 2.37. The lowest BCUT2D eigenvalue weighted by atomic mass is 10.2. The van der Waals surface area contributed by atoms with E-state index in [0.717, 1.165) is 6.33 Å². The number of carbonyl (C=O) groups excluding carboxylic acids is 1. The van der Waals surface area contributed by atoms with Crippen LogP contribution in [0.3, 0.4) is 0 Å². The maximum absolute atomic E-state index is 12.1. The molecule has 3 aromatic rings. The van der Waals surface area contributed by atoms with E-state index in [-0.39, 0.29) is 29.2 Å². The zero-order chi connectivity index (χ0) is 23.4. The fourth-order valence-corrected chi connectivity index (χ4v) is 3.21. The Morgan fingerprint density at radius 1 is 1.12 bits per heavy atom. The van der Waals surface area contributed by atoms with Crippen molar-refractivity contribution in [2.45, 2.75) is 0 Å². The van der Waals surface area contributed by atoms with E-state index >= 15 is 0 Å². The average Bonchev–Trinajstić information content (AvgIpc) is 3.25. The summed E-state index contributed by atoms with van der Waals surface area (Å²) in [5.41, 5.74) is 4.68. The summed E-state index contributed by atoms with van der Waals surface area (Å²) in [5.74, 6) is 0.317. The van der Waals surface area contributed by atoms with Crippen LogP contribution in [0.25, 0.3) is 0 Å². The van der Waals surface area contributed by atoms with E-state index < -0.39 is 23.1 Å². The number of amides is 1. The van der Waals surface area contributed by atoms with Crippen molar-refractivity contribution in [3.05, 3.63) is 62.9 Å². The van der Waals surface area contributed by atoms with Gasteiger partial charge < -0.3 is 19.5 Å².